The lowest BCUT2D eigenvalue weighted by Crippen LogP contribution is -2.13. The lowest BCUT2D eigenvalue weighted by atomic mass is 10.2. The number of nitrogens with zero attached hydrogens (tertiary/aromatic N) is 2. The second kappa shape index (κ2) is 5.64. The number of benzene rings is 1. The lowest BCUT2D eigenvalue weighted by Gasteiger charge is -2.03. The molecule has 0 spiro atoms. The Morgan fingerprint density at radius 3 is 2.94 bits per heavy atom. The highest BCUT2D eigenvalue weighted by Gasteiger charge is 2.03. The van der Waals surface area contributed by atoms with Crippen LogP contribution in [0.2, 0.25) is 0 Å². The monoisotopic (exact) mass is 258 g/mol. The van der Waals surface area contributed by atoms with E-state index in [0.29, 0.717) is 10.9 Å². The Morgan fingerprint density at radius 1 is 1.39 bits per heavy atom. The van der Waals surface area contributed by atoms with Crippen LogP contribution in [0.5, 0.6) is 0 Å². The van der Waals surface area contributed by atoms with E-state index in [1.165, 1.54) is 22.9 Å². The van der Waals surface area contributed by atoms with Crippen molar-refractivity contribution in [3.63, 3.8) is 0 Å². The van der Waals surface area contributed by atoms with Gasteiger partial charge in [0.1, 0.15) is 11.5 Å². The summed E-state index contributed by atoms with van der Waals surface area (Å²) in [5.41, 5.74) is 8.34. The molecule has 0 fully saturated rings. The molecule has 0 bridgehead atoms. The number of aromatic nitrogens is 2. The molecule has 4 nitrogen and oxygen atoms in total. The molecule has 18 heavy (non-hydrogen) atoms. The predicted molar refractivity (Wildman–Crippen MR) is 73.8 cm³/mol. The van der Waals surface area contributed by atoms with Gasteiger partial charge in [-0.15, -0.1) is 0 Å². The summed E-state index contributed by atoms with van der Waals surface area (Å²) in [4.78, 5) is 8.37. The first-order valence-electron chi connectivity index (χ1n) is 5.51. The van der Waals surface area contributed by atoms with Gasteiger partial charge in [-0.25, -0.2) is 9.97 Å². The van der Waals surface area contributed by atoms with Crippen LogP contribution >= 0.6 is 11.8 Å². The molecular formula is C13H14N4S. The minimum Gasteiger partial charge on any atom is -0.382 e. The largest absolute Gasteiger partial charge is 0.382 e. The summed E-state index contributed by atoms with van der Waals surface area (Å²) in [5.74, 6) is 0.776. The first kappa shape index (κ1) is 12.6. The summed E-state index contributed by atoms with van der Waals surface area (Å²) in [6.45, 7) is 2.07. The molecule has 0 aliphatic heterocycles. The van der Waals surface area contributed by atoms with Crippen LogP contribution < -0.4 is 5.73 Å². The maximum Gasteiger partial charge on any atom is 0.188 e. The number of amidine groups is 1. The quantitative estimate of drug-likeness (QED) is 0.382. The van der Waals surface area contributed by atoms with Crippen molar-refractivity contribution in [2.45, 2.75) is 17.8 Å². The van der Waals surface area contributed by atoms with Gasteiger partial charge in [-0.2, -0.15) is 0 Å². The van der Waals surface area contributed by atoms with E-state index in [4.69, 9.17) is 11.1 Å². The molecule has 0 atom stereocenters. The number of aryl methyl sites for hydroxylation is 1. The standard InChI is InChI=1S/C13H14N4S/c1-9-3-2-4-10(7-9)8-18-13-16-6-5-11(17-13)12(14)15/h2-7H,8H2,1H3,(H3,14,15). The Morgan fingerprint density at radius 2 is 2.22 bits per heavy atom. The van der Waals surface area contributed by atoms with E-state index in [9.17, 15) is 0 Å². The molecule has 3 N–H and O–H groups in total. The number of hydrogen-bond acceptors (Lipinski definition) is 4. The van der Waals surface area contributed by atoms with Gasteiger partial charge >= 0.3 is 0 Å². The second-order valence-electron chi connectivity index (χ2n) is 3.92. The van der Waals surface area contributed by atoms with Gasteiger partial charge in [0.2, 0.25) is 0 Å². The van der Waals surface area contributed by atoms with Crippen molar-refractivity contribution in [3.05, 3.63) is 53.3 Å². The normalized spacial score (nSPS) is 10.3. The van der Waals surface area contributed by atoms with Gasteiger partial charge in [-0.05, 0) is 18.6 Å². The molecule has 0 radical (unpaired) electrons. The highest BCUT2D eigenvalue weighted by molar-refractivity contribution is 7.98. The number of thioether (sulfide) groups is 1. The Kier molecular flexibility index (Phi) is 3.94. The zero-order valence-corrected chi connectivity index (χ0v) is 10.9. The summed E-state index contributed by atoms with van der Waals surface area (Å²) in [7, 11) is 0. The van der Waals surface area contributed by atoms with Crippen molar-refractivity contribution in [2.75, 3.05) is 0 Å². The maximum atomic E-state index is 7.33. The molecule has 1 aromatic heterocycles. The predicted octanol–water partition coefficient (Wildman–Crippen LogP) is 2.36. The Labute approximate surface area is 110 Å². The molecule has 0 unspecified atom stereocenters. The van der Waals surface area contributed by atoms with Crippen molar-refractivity contribution in [1.82, 2.24) is 9.97 Å². The molecule has 1 heterocycles. The third kappa shape index (κ3) is 3.30. The highest BCUT2D eigenvalue weighted by atomic mass is 32.2. The number of rotatable bonds is 4. The molecule has 92 valence electrons. The van der Waals surface area contributed by atoms with Crippen molar-refractivity contribution in [2.24, 2.45) is 5.73 Å². The lowest BCUT2D eigenvalue weighted by molar-refractivity contribution is 0.953. The molecule has 0 saturated carbocycles. The minimum atomic E-state index is -0.0326. The average Bonchev–Trinajstić information content (AvgIpc) is 2.37. The van der Waals surface area contributed by atoms with Crippen LogP contribution in [0.1, 0.15) is 16.8 Å². The van der Waals surface area contributed by atoms with Crippen LogP contribution in [-0.2, 0) is 5.75 Å². The Bertz CT molecular complexity index is 568. The second-order valence-corrected chi connectivity index (χ2v) is 4.86. The molecule has 0 amide bonds. The van der Waals surface area contributed by atoms with Crippen molar-refractivity contribution in [3.8, 4) is 0 Å². The first-order chi connectivity index (χ1) is 8.65. The van der Waals surface area contributed by atoms with Gasteiger partial charge < -0.3 is 5.73 Å². The molecule has 2 aromatic rings. The number of hydrogen-bond donors (Lipinski definition) is 2. The van der Waals surface area contributed by atoms with Gasteiger partial charge in [0.25, 0.3) is 0 Å². The summed E-state index contributed by atoms with van der Waals surface area (Å²) >= 11 is 1.54. The van der Waals surface area contributed by atoms with E-state index in [2.05, 4.69) is 35.1 Å². The highest BCUT2D eigenvalue weighted by Crippen LogP contribution is 2.19. The Hall–Kier alpha value is -1.88. The van der Waals surface area contributed by atoms with Crippen LogP contribution in [0, 0.1) is 12.3 Å². The van der Waals surface area contributed by atoms with Gasteiger partial charge in [0.15, 0.2) is 5.16 Å². The molecular weight excluding hydrogens is 244 g/mol. The SMILES string of the molecule is Cc1cccc(CSc2nccc(C(=N)N)n2)c1. The summed E-state index contributed by atoms with van der Waals surface area (Å²) in [6, 6.07) is 9.97. The Balaban J connectivity index is 2.06. The van der Waals surface area contributed by atoms with Crippen LogP contribution in [0.15, 0.2) is 41.7 Å². The van der Waals surface area contributed by atoms with Crippen molar-refractivity contribution < 1.29 is 0 Å². The van der Waals surface area contributed by atoms with Crippen LogP contribution in [0.4, 0.5) is 0 Å². The van der Waals surface area contributed by atoms with E-state index in [1.54, 1.807) is 12.3 Å². The summed E-state index contributed by atoms with van der Waals surface area (Å²) < 4.78 is 0. The molecule has 0 aliphatic rings. The third-order valence-corrected chi connectivity index (χ3v) is 3.29. The third-order valence-electron chi connectivity index (χ3n) is 2.36. The smallest absolute Gasteiger partial charge is 0.188 e. The maximum absolute atomic E-state index is 7.33. The van der Waals surface area contributed by atoms with Crippen LogP contribution in [-0.4, -0.2) is 15.8 Å². The fourth-order valence-electron chi connectivity index (χ4n) is 1.51. The van der Waals surface area contributed by atoms with Gasteiger partial charge in [-0.3, -0.25) is 5.41 Å². The topological polar surface area (TPSA) is 75.7 Å². The molecule has 1 aromatic carbocycles. The first-order valence-corrected chi connectivity index (χ1v) is 6.49. The van der Waals surface area contributed by atoms with E-state index in [0.717, 1.165) is 5.75 Å². The molecule has 0 saturated heterocycles. The number of nitrogens with one attached hydrogen (secondary N) is 1. The molecule has 0 aliphatic carbocycles. The summed E-state index contributed by atoms with van der Waals surface area (Å²) in [5, 5.41) is 7.98. The van der Waals surface area contributed by atoms with E-state index in [-0.39, 0.29) is 5.84 Å². The van der Waals surface area contributed by atoms with Gasteiger partial charge in [0, 0.05) is 11.9 Å². The summed E-state index contributed by atoms with van der Waals surface area (Å²) in [6.07, 6.45) is 1.63. The molecule has 2 rings (SSSR count). The van der Waals surface area contributed by atoms with Gasteiger partial charge in [0.05, 0.1) is 0 Å². The molecule has 5 heteroatoms. The van der Waals surface area contributed by atoms with Crippen LogP contribution in [0.25, 0.3) is 0 Å². The van der Waals surface area contributed by atoms with Crippen molar-refractivity contribution in [1.29, 1.82) is 5.41 Å². The van der Waals surface area contributed by atoms with E-state index >= 15 is 0 Å². The van der Waals surface area contributed by atoms with Crippen molar-refractivity contribution >= 4 is 17.6 Å². The van der Waals surface area contributed by atoms with E-state index in [1.807, 2.05) is 6.07 Å². The zero-order valence-electron chi connectivity index (χ0n) is 10.1. The van der Waals surface area contributed by atoms with Crippen LogP contribution in [0.3, 0.4) is 0 Å². The minimum absolute atomic E-state index is 0.0326. The van der Waals surface area contributed by atoms with Gasteiger partial charge in [-0.1, -0.05) is 41.6 Å². The number of nitrogen functional groups attached to an aromatic ring is 1. The number of nitrogens with two attached hydrogens (primary N) is 1. The fraction of sp³-hybridized carbons (Fsp3) is 0.154. The fourth-order valence-corrected chi connectivity index (χ4v) is 2.28. The average molecular weight is 258 g/mol. The zero-order chi connectivity index (χ0) is 13.0. The van der Waals surface area contributed by atoms with E-state index < -0.39 is 0 Å².